The molecule has 0 aliphatic carbocycles. The van der Waals surface area contributed by atoms with Crippen molar-refractivity contribution in [2.75, 3.05) is 23.9 Å². The third kappa shape index (κ3) is 4.07. The van der Waals surface area contributed by atoms with Crippen LogP contribution in [0.25, 0.3) is 0 Å². The van der Waals surface area contributed by atoms with Gasteiger partial charge in [-0.15, -0.1) is 10.2 Å². The Bertz CT molecular complexity index is 1040. The number of anilines is 2. The Labute approximate surface area is 172 Å². The molecular formula is C21H21FN4O2S. The highest BCUT2D eigenvalue weighted by molar-refractivity contribution is 7.13. The predicted molar refractivity (Wildman–Crippen MR) is 111 cm³/mol. The second-order valence-electron chi connectivity index (χ2n) is 6.90. The number of fused-ring (bicyclic) bond motifs is 1. The van der Waals surface area contributed by atoms with E-state index in [2.05, 4.69) is 15.5 Å². The standard InChI is InChI=1S/C21H21FN4O2S/c1-13-5-10-17(22)19-16(13)4-3-11-26(19)12-18-24-25-21(29-18)20(27)23-14-6-8-15(28-2)9-7-14/h5-10H,3-4,11-12H2,1-2H3,(H,23,27). The summed E-state index contributed by atoms with van der Waals surface area (Å²) in [4.78, 5) is 14.5. The fraction of sp³-hybridized carbons (Fsp3) is 0.286. The van der Waals surface area contributed by atoms with Crippen LogP contribution in [-0.4, -0.2) is 29.8 Å². The van der Waals surface area contributed by atoms with Crippen LogP contribution < -0.4 is 15.0 Å². The van der Waals surface area contributed by atoms with E-state index in [4.69, 9.17) is 4.74 Å². The highest BCUT2D eigenvalue weighted by Crippen LogP contribution is 2.33. The van der Waals surface area contributed by atoms with Crippen LogP contribution in [0.15, 0.2) is 36.4 Å². The van der Waals surface area contributed by atoms with Crippen LogP contribution in [0.3, 0.4) is 0 Å². The van der Waals surface area contributed by atoms with Crippen LogP contribution in [0, 0.1) is 12.7 Å². The van der Waals surface area contributed by atoms with Gasteiger partial charge in [-0.25, -0.2) is 4.39 Å². The first-order valence-corrected chi connectivity index (χ1v) is 10.2. The van der Waals surface area contributed by atoms with Crippen LogP contribution in [0.1, 0.15) is 32.4 Å². The van der Waals surface area contributed by atoms with Crippen LogP contribution in [0.4, 0.5) is 15.8 Å². The first-order valence-electron chi connectivity index (χ1n) is 9.36. The molecule has 0 saturated carbocycles. The molecule has 1 aliphatic heterocycles. The minimum atomic E-state index is -0.319. The van der Waals surface area contributed by atoms with E-state index in [0.29, 0.717) is 28.7 Å². The van der Waals surface area contributed by atoms with Crippen molar-refractivity contribution in [2.24, 2.45) is 0 Å². The van der Waals surface area contributed by atoms with Crippen LogP contribution in [0.5, 0.6) is 5.75 Å². The molecule has 0 radical (unpaired) electrons. The zero-order chi connectivity index (χ0) is 20.4. The molecule has 2 heterocycles. The van der Waals surface area contributed by atoms with Gasteiger partial charge in [-0.3, -0.25) is 4.79 Å². The highest BCUT2D eigenvalue weighted by Gasteiger charge is 2.24. The van der Waals surface area contributed by atoms with Crippen molar-refractivity contribution in [3.8, 4) is 5.75 Å². The molecule has 2 aromatic carbocycles. The number of aryl methyl sites for hydroxylation is 1. The van der Waals surface area contributed by atoms with Gasteiger partial charge < -0.3 is 15.0 Å². The molecule has 3 aromatic rings. The Morgan fingerprint density at radius 2 is 2.03 bits per heavy atom. The second-order valence-corrected chi connectivity index (χ2v) is 7.96. The van der Waals surface area contributed by atoms with Gasteiger partial charge in [0.2, 0.25) is 5.01 Å². The number of carbonyl (C=O) groups excluding carboxylic acids is 1. The first kappa shape index (κ1) is 19.3. The van der Waals surface area contributed by atoms with Gasteiger partial charge in [0, 0.05) is 12.2 Å². The number of hydrogen-bond donors (Lipinski definition) is 1. The summed E-state index contributed by atoms with van der Waals surface area (Å²) in [6.45, 7) is 3.19. The van der Waals surface area contributed by atoms with Crippen molar-refractivity contribution in [1.29, 1.82) is 0 Å². The summed E-state index contributed by atoms with van der Waals surface area (Å²) < 4.78 is 19.6. The van der Waals surface area contributed by atoms with Gasteiger partial charge in [-0.2, -0.15) is 0 Å². The Balaban J connectivity index is 1.47. The second kappa shape index (κ2) is 8.16. The lowest BCUT2D eigenvalue weighted by Crippen LogP contribution is -2.30. The Kier molecular flexibility index (Phi) is 5.44. The van der Waals surface area contributed by atoms with E-state index in [0.717, 1.165) is 30.5 Å². The monoisotopic (exact) mass is 412 g/mol. The maximum atomic E-state index is 14.5. The lowest BCUT2D eigenvalue weighted by Gasteiger charge is -2.31. The van der Waals surface area contributed by atoms with Gasteiger partial charge in [-0.05, 0) is 61.2 Å². The van der Waals surface area contributed by atoms with Gasteiger partial charge in [0.1, 0.15) is 16.6 Å². The van der Waals surface area contributed by atoms with E-state index in [-0.39, 0.29) is 16.7 Å². The number of ether oxygens (including phenoxy) is 1. The molecular weight excluding hydrogens is 391 g/mol. The molecule has 1 N–H and O–H groups in total. The number of carbonyl (C=O) groups is 1. The minimum absolute atomic E-state index is 0.215. The van der Waals surface area contributed by atoms with Crippen molar-refractivity contribution < 1.29 is 13.9 Å². The Hall–Kier alpha value is -3.00. The number of benzene rings is 2. The van der Waals surface area contributed by atoms with E-state index in [1.165, 1.54) is 17.4 Å². The summed E-state index contributed by atoms with van der Waals surface area (Å²) in [5.74, 6) is 0.178. The number of nitrogens with zero attached hydrogens (tertiary/aromatic N) is 3. The van der Waals surface area contributed by atoms with Crippen LogP contribution in [0.2, 0.25) is 0 Å². The van der Waals surface area contributed by atoms with E-state index < -0.39 is 0 Å². The molecule has 6 nitrogen and oxygen atoms in total. The molecule has 0 unspecified atom stereocenters. The summed E-state index contributed by atoms with van der Waals surface area (Å²) in [5.41, 5.74) is 3.45. The lowest BCUT2D eigenvalue weighted by molar-refractivity contribution is 0.102. The first-order chi connectivity index (χ1) is 14.0. The van der Waals surface area contributed by atoms with Gasteiger partial charge in [0.15, 0.2) is 0 Å². The molecule has 1 amide bonds. The minimum Gasteiger partial charge on any atom is -0.497 e. The van der Waals surface area contributed by atoms with Crippen molar-refractivity contribution >= 4 is 28.6 Å². The van der Waals surface area contributed by atoms with Gasteiger partial charge in [0.05, 0.1) is 19.3 Å². The molecule has 0 saturated heterocycles. The third-order valence-corrected chi connectivity index (χ3v) is 5.88. The number of aromatic nitrogens is 2. The zero-order valence-electron chi connectivity index (χ0n) is 16.2. The summed E-state index contributed by atoms with van der Waals surface area (Å²) in [7, 11) is 1.59. The summed E-state index contributed by atoms with van der Waals surface area (Å²) in [6.07, 6.45) is 1.84. The molecule has 0 fully saturated rings. The maximum absolute atomic E-state index is 14.5. The number of hydrogen-bond acceptors (Lipinski definition) is 6. The fourth-order valence-corrected chi connectivity index (χ4v) is 4.26. The SMILES string of the molecule is COc1ccc(NC(=O)c2nnc(CN3CCCc4c(C)ccc(F)c43)s2)cc1. The Morgan fingerprint density at radius 3 is 2.79 bits per heavy atom. The van der Waals surface area contributed by atoms with Crippen LogP contribution >= 0.6 is 11.3 Å². The molecule has 0 atom stereocenters. The van der Waals surface area contributed by atoms with Crippen molar-refractivity contribution in [3.05, 3.63) is 63.4 Å². The number of nitrogens with one attached hydrogen (secondary N) is 1. The molecule has 29 heavy (non-hydrogen) atoms. The summed E-state index contributed by atoms with van der Waals surface area (Å²) in [6, 6.07) is 10.4. The Morgan fingerprint density at radius 1 is 1.24 bits per heavy atom. The van der Waals surface area contributed by atoms with E-state index in [1.807, 2.05) is 17.9 Å². The average molecular weight is 412 g/mol. The van der Waals surface area contributed by atoms with E-state index in [9.17, 15) is 9.18 Å². The van der Waals surface area contributed by atoms with Gasteiger partial charge in [0.25, 0.3) is 5.91 Å². The normalized spacial score (nSPS) is 13.1. The maximum Gasteiger partial charge on any atom is 0.286 e. The molecule has 4 rings (SSSR count). The van der Waals surface area contributed by atoms with Gasteiger partial charge in [-0.1, -0.05) is 17.4 Å². The molecule has 0 spiro atoms. The lowest BCUT2D eigenvalue weighted by atomic mass is 9.96. The highest BCUT2D eigenvalue weighted by atomic mass is 32.1. The predicted octanol–water partition coefficient (Wildman–Crippen LogP) is 4.20. The third-order valence-electron chi connectivity index (χ3n) is 4.97. The fourth-order valence-electron chi connectivity index (χ4n) is 3.51. The molecule has 150 valence electrons. The molecule has 0 bridgehead atoms. The van der Waals surface area contributed by atoms with Crippen molar-refractivity contribution in [3.63, 3.8) is 0 Å². The number of rotatable bonds is 5. The summed E-state index contributed by atoms with van der Waals surface area (Å²) in [5, 5.41) is 11.9. The van der Waals surface area contributed by atoms with E-state index >= 15 is 0 Å². The zero-order valence-corrected chi connectivity index (χ0v) is 17.1. The van der Waals surface area contributed by atoms with Gasteiger partial charge >= 0.3 is 0 Å². The number of halogens is 1. The van der Waals surface area contributed by atoms with Crippen molar-refractivity contribution in [2.45, 2.75) is 26.3 Å². The topological polar surface area (TPSA) is 67.3 Å². The molecule has 1 aliphatic rings. The molecule has 1 aromatic heterocycles. The average Bonchev–Trinajstić information content (AvgIpc) is 3.20. The smallest absolute Gasteiger partial charge is 0.286 e. The quantitative estimate of drug-likeness (QED) is 0.680. The summed E-state index contributed by atoms with van der Waals surface area (Å²) >= 11 is 1.22. The number of methoxy groups -OCH3 is 1. The number of amides is 1. The van der Waals surface area contributed by atoms with Crippen LogP contribution in [-0.2, 0) is 13.0 Å². The van der Waals surface area contributed by atoms with Crippen molar-refractivity contribution in [1.82, 2.24) is 10.2 Å². The van der Waals surface area contributed by atoms with E-state index in [1.54, 1.807) is 31.4 Å². The molecule has 8 heteroatoms. The largest absolute Gasteiger partial charge is 0.497 e.